The van der Waals surface area contributed by atoms with Gasteiger partial charge in [0.1, 0.15) is 0 Å². The molecule has 0 radical (unpaired) electrons. The summed E-state index contributed by atoms with van der Waals surface area (Å²) in [5.41, 5.74) is 3.21. The van der Waals surface area contributed by atoms with Crippen molar-refractivity contribution in [1.29, 1.82) is 0 Å². The number of nitrogens with zero attached hydrogens (tertiary/aromatic N) is 3. The topological polar surface area (TPSA) is 96.3 Å². The van der Waals surface area contributed by atoms with E-state index in [9.17, 15) is 13.2 Å². The Morgan fingerprint density at radius 1 is 1.15 bits per heavy atom. The average Bonchev–Trinajstić information content (AvgIpc) is 3.17. The Balaban J connectivity index is 1.50. The van der Waals surface area contributed by atoms with Crippen LogP contribution in [0.3, 0.4) is 0 Å². The first-order valence-electron chi connectivity index (χ1n) is 8.66. The van der Waals surface area contributed by atoms with Crippen LogP contribution in [0.1, 0.15) is 24.1 Å². The lowest BCUT2D eigenvalue weighted by molar-refractivity contribution is 0.262. The van der Waals surface area contributed by atoms with E-state index >= 15 is 0 Å². The lowest BCUT2D eigenvalue weighted by atomic mass is 10.1. The molecule has 138 valence electrons. The van der Waals surface area contributed by atoms with E-state index in [1.807, 2.05) is 10.7 Å². The summed E-state index contributed by atoms with van der Waals surface area (Å²) in [4.78, 5) is 12.4. The number of carbonyl (C=O) groups is 1. The maximum atomic E-state index is 12.4. The minimum atomic E-state index is -3.32. The van der Waals surface area contributed by atoms with Crippen LogP contribution >= 0.6 is 0 Å². The van der Waals surface area contributed by atoms with Crippen LogP contribution in [0.2, 0.25) is 0 Å². The average molecular weight is 375 g/mol. The number of carbonyl (C=O) groups excluding carboxylic acids is 1. The van der Waals surface area contributed by atoms with Gasteiger partial charge in [-0.15, -0.1) is 0 Å². The zero-order chi connectivity index (χ0) is 18.3. The number of benzene rings is 1. The first-order chi connectivity index (χ1) is 12.4. The predicted molar refractivity (Wildman–Crippen MR) is 100 cm³/mol. The Hall–Kier alpha value is -2.55. The number of rotatable bonds is 3. The number of urea groups is 1. The van der Waals surface area contributed by atoms with Gasteiger partial charge >= 0.3 is 6.03 Å². The summed E-state index contributed by atoms with van der Waals surface area (Å²) < 4.78 is 27.1. The predicted octanol–water partition coefficient (Wildman–Crippen LogP) is 2.19. The van der Waals surface area contributed by atoms with Crippen molar-refractivity contribution in [3.05, 3.63) is 35.5 Å². The standard InChI is InChI=1S/C17H21N5O3S/c1-26(24,25)22-10-8-13-14(6-4-7-15(13)22)18-17(23)19-16-11-12-5-2-3-9-21(12)20-16/h4,6-7,11H,2-3,5,8-10H2,1H3,(H2,18,19,20,23). The number of sulfonamides is 1. The molecule has 26 heavy (non-hydrogen) atoms. The molecule has 0 fully saturated rings. The molecule has 2 amide bonds. The fourth-order valence-corrected chi connectivity index (χ4v) is 4.57. The molecule has 0 unspecified atom stereocenters. The molecule has 4 rings (SSSR count). The van der Waals surface area contributed by atoms with E-state index in [-0.39, 0.29) is 6.03 Å². The van der Waals surface area contributed by atoms with Crippen LogP contribution in [0.25, 0.3) is 0 Å². The second-order valence-electron chi connectivity index (χ2n) is 6.67. The molecule has 0 atom stereocenters. The first-order valence-corrected chi connectivity index (χ1v) is 10.5. The highest BCUT2D eigenvalue weighted by Gasteiger charge is 2.28. The molecule has 8 nitrogen and oxygen atoms in total. The largest absolute Gasteiger partial charge is 0.324 e. The van der Waals surface area contributed by atoms with E-state index in [1.54, 1.807) is 18.2 Å². The maximum absolute atomic E-state index is 12.4. The molecule has 0 bridgehead atoms. The van der Waals surface area contributed by atoms with E-state index in [0.717, 1.165) is 37.1 Å². The molecule has 0 saturated heterocycles. The molecular formula is C17H21N5O3S. The number of nitrogens with one attached hydrogen (secondary N) is 2. The first kappa shape index (κ1) is 16.9. The Morgan fingerprint density at radius 3 is 2.77 bits per heavy atom. The van der Waals surface area contributed by atoms with Gasteiger partial charge in [0.25, 0.3) is 0 Å². The summed E-state index contributed by atoms with van der Waals surface area (Å²) in [6.45, 7) is 1.27. The quantitative estimate of drug-likeness (QED) is 0.859. The van der Waals surface area contributed by atoms with Crippen LogP contribution in [0.5, 0.6) is 0 Å². The van der Waals surface area contributed by atoms with E-state index in [4.69, 9.17) is 0 Å². The number of hydrogen-bond acceptors (Lipinski definition) is 4. The molecule has 0 spiro atoms. The molecule has 0 saturated carbocycles. The third kappa shape index (κ3) is 3.14. The Kier molecular flexibility index (Phi) is 4.10. The van der Waals surface area contributed by atoms with Gasteiger partial charge in [-0.25, -0.2) is 13.2 Å². The molecule has 2 aliphatic rings. The SMILES string of the molecule is CS(=O)(=O)N1CCc2c(NC(=O)Nc3cc4n(n3)CCCC4)cccc21. The van der Waals surface area contributed by atoms with E-state index in [1.165, 1.54) is 10.6 Å². The second-order valence-corrected chi connectivity index (χ2v) is 8.58. The molecule has 9 heteroatoms. The lowest BCUT2D eigenvalue weighted by Crippen LogP contribution is -2.27. The lowest BCUT2D eigenvalue weighted by Gasteiger charge is -2.17. The summed E-state index contributed by atoms with van der Waals surface area (Å²) in [5, 5.41) is 10.00. The Labute approximate surface area is 152 Å². The molecule has 3 heterocycles. The van der Waals surface area contributed by atoms with Gasteiger partial charge in [-0.3, -0.25) is 14.3 Å². The van der Waals surface area contributed by atoms with Gasteiger partial charge in [0, 0.05) is 36.1 Å². The monoisotopic (exact) mass is 375 g/mol. The van der Waals surface area contributed by atoms with Crippen molar-refractivity contribution < 1.29 is 13.2 Å². The zero-order valence-electron chi connectivity index (χ0n) is 14.5. The fourth-order valence-electron chi connectivity index (χ4n) is 3.62. The van der Waals surface area contributed by atoms with Gasteiger partial charge in [0.15, 0.2) is 5.82 Å². The highest BCUT2D eigenvalue weighted by Crippen LogP contribution is 2.35. The summed E-state index contributed by atoms with van der Waals surface area (Å²) in [5.74, 6) is 0.532. The fraction of sp³-hybridized carbons (Fsp3) is 0.412. The minimum Gasteiger partial charge on any atom is -0.307 e. The van der Waals surface area contributed by atoms with Crippen molar-refractivity contribution in [3.63, 3.8) is 0 Å². The smallest absolute Gasteiger partial charge is 0.307 e. The van der Waals surface area contributed by atoms with Crippen molar-refractivity contribution in [2.45, 2.75) is 32.2 Å². The van der Waals surface area contributed by atoms with Crippen molar-refractivity contribution >= 4 is 33.2 Å². The summed E-state index contributed by atoms with van der Waals surface area (Å²) in [7, 11) is -3.32. The summed E-state index contributed by atoms with van der Waals surface area (Å²) >= 11 is 0. The van der Waals surface area contributed by atoms with E-state index < -0.39 is 10.0 Å². The summed E-state index contributed by atoms with van der Waals surface area (Å²) in [6.07, 6.45) is 4.98. The number of anilines is 3. The van der Waals surface area contributed by atoms with Gasteiger partial charge in [0.05, 0.1) is 11.9 Å². The Morgan fingerprint density at radius 2 is 2.00 bits per heavy atom. The van der Waals surface area contributed by atoms with Crippen molar-refractivity contribution in [2.24, 2.45) is 0 Å². The van der Waals surface area contributed by atoms with Crippen LogP contribution in [-0.2, 0) is 29.4 Å². The number of aryl methyl sites for hydroxylation is 2. The van der Waals surface area contributed by atoms with Gasteiger partial charge in [-0.05, 0) is 37.8 Å². The molecule has 1 aromatic heterocycles. The molecule has 0 aliphatic carbocycles. The number of amides is 2. The number of aromatic nitrogens is 2. The molecule has 2 aromatic rings. The van der Waals surface area contributed by atoms with Crippen molar-refractivity contribution in [1.82, 2.24) is 9.78 Å². The van der Waals surface area contributed by atoms with Gasteiger partial charge in [0.2, 0.25) is 10.0 Å². The van der Waals surface area contributed by atoms with Crippen LogP contribution in [0, 0.1) is 0 Å². The third-order valence-electron chi connectivity index (χ3n) is 4.79. The van der Waals surface area contributed by atoms with E-state index in [0.29, 0.717) is 30.2 Å². The van der Waals surface area contributed by atoms with Crippen molar-refractivity contribution in [3.8, 4) is 0 Å². The molecule has 1 aromatic carbocycles. The highest BCUT2D eigenvalue weighted by molar-refractivity contribution is 7.92. The maximum Gasteiger partial charge on any atom is 0.324 e. The molecular weight excluding hydrogens is 354 g/mol. The number of hydrogen-bond donors (Lipinski definition) is 2. The third-order valence-corrected chi connectivity index (χ3v) is 5.97. The summed E-state index contributed by atoms with van der Waals surface area (Å²) in [6, 6.07) is 6.80. The minimum absolute atomic E-state index is 0.383. The zero-order valence-corrected chi connectivity index (χ0v) is 15.3. The highest BCUT2D eigenvalue weighted by atomic mass is 32.2. The van der Waals surface area contributed by atoms with Gasteiger partial charge in [-0.2, -0.15) is 5.10 Å². The second kappa shape index (κ2) is 6.31. The Bertz CT molecular complexity index is 943. The van der Waals surface area contributed by atoms with Gasteiger partial charge in [-0.1, -0.05) is 6.07 Å². The normalized spacial score (nSPS) is 16.1. The molecule has 2 aliphatic heterocycles. The molecule has 2 N–H and O–H groups in total. The van der Waals surface area contributed by atoms with Crippen molar-refractivity contribution in [2.75, 3.05) is 27.7 Å². The van der Waals surface area contributed by atoms with Crippen LogP contribution < -0.4 is 14.9 Å². The number of fused-ring (bicyclic) bond motifs is 2. The van der Waals surface area contributed by atoms with Crippen LogP contribution in [0.4, 0.5) is 22.0 Å². The van der Waals surface area contributed by atoms with Gasteiger partial charge < -0.3 is 5.32 Å². The van der Waals surface area contributed by atoms with Crippen LogP contribution in [0.15, 0.2) is 24.3 Å². The van der Waals surface area contributed by atoms with E-state index in [2.05, 4.69) is 15.7 Å². The van der Waals surface area contributed by atoms with Crippen LogP contribution in [-0.4, -0.2) is 37.0 Å².